The molecule has 1 aromatic rings. The molecule has 0 bridgehead atoms. The Bertz CT molecular complexity index is 637. The monoisotopic (exact) mass is 346 g/mol. The van der Waals surface area contributed by atoms with Crippen LogP contribution in [-0.4, -0.2) is 59.5 Å². The zero-order chi connectivity index (χ0) is 18.0. The molecule has 0 aliphatic carbocycles. The van der Waals surface area contributed by atoms with Gasteiger partial charge in [0, 0.05) is 6.54 Å². The molecule has 7 heteroatoms. The predicted molar refractivity (Wildman–Crippen MR) is 88.4 cm³/mol. The van der Waals surface area contributed by atoms with E-state index in [-0.39, 0.29) is 25.0 Å². The average Bonchev–Trinajstić information content (AvgIpc) is 2.86. The van der Waals surface area contributed by atoms with E-state index in [1.165, 1.54) is 4.90 Å². The van der Waals surface area contributed by atoms with Crippen molar-refractivity contribution in [1.29, 1.82) is 0 Å². The number of morpholine rings is 1. The molecule has 2 aliphatic heterocycles. The van der Waals surface area contributed by atoms with Gasteiger partial charge in [-0.1, -0.05) is 44.2 Å². The van der Waals surface area contributed by atoms with Crippen molar-refractivity contribution >= 4 is 17.9 Å². The molecular weight excluding hydrogens is 324 g/mol. The maximum absolute atomic E-state index is 12.7. The van der Waals surface area contributed by atoms with Gasteiger partial charge in [0.25, 0.3) is 5.91 Å². The molecule has 2 aliphatic rings. The van der Waals surface area contributed by atoms with Gasteiger partial charge in [0.1, 0.15) is 18.7 Å². The summed E-state index contributed by atoms with van der Waals surface area (Å²) in [7, 11) is 0. The van der Waals surface area contributed by atoms with Crippen LogP contribution >= 0.6 is 0 Å². The first-order valence-corrected chi connectivity index (χ1v) is 8.42. The first-order chi connectivity index (χ1) is 12.0. The fourth-order valence-electron chi connectivity index (χ4n) is 3.18. The highest BCUT2D eigenvalue weighted by Crippen LogP contribution is 2.26. The minimum absolute atomic E-state index is 0.107. The summed E-state index contributed by atoms with van der Waals surface area (Å²) in [5, 5.41) is 0. The molecule has 0 aromatic heterocycles. The SMILES string of the molecule is CC(C)[C@@H](C(=O)OCc1ccccc1)N1C(=O)C2COCCN2C1=O. The largest absolute Gasteiger partial charge is 0.459 e. The second-order valence-corrected chi connectivity index (χ2v) is 6.56. The van der Waals surface area contributed by atoms with E-state index in [2.05, 4.69) is 0 Å². The molecule has 0 N–H and O–H groups in total. The molecule has 3 rings (SSSR count). The molecule has 7 nitrogen and oxygen atoms in total. The van der Waals surface area contributed by atoms with Crippen LogP contribution in [0.25, 0.3) is 0 Å². The van der Waals surface area contributed by atoms with Crippen molar-refractivity contribution in [3.05, 3.63) is 35.9 Å². The van der Waals surface area contributed by atoms with Crippen molar-refractivity contribution in [3.8, 4) is 0 Å². The molecular formula is C18H22N2O5. The maximum Gasteiger partial charge on any atom is 0.330 e. The molecule has 2 saturated heterocycles. The fraction of sp³-hybridized carbons (Fsp3) is 0.500. The van der Waals surface area contributed by atoms with E-state index >= 15 is 0 Å². The number of carbonyl (C=O) groups excluding carboxylic acids is 3. The Kier molecular flexibility index (Phi) is 5.03. The van der Waals surface area contributed by atoms with Gasteiger partial charge in [-0.3, -0.25) is 4.79 Å². The number of imide groups is 1. The number of rotatable bonds is 5. The van der Waals surface area contributed by atoms with Crippen molar-refractivity contribution in [2.45, 2.75) is 32.5 Å². The number of hydrogen-bond acceptors (Lipinski definition) is 5. The highest BCUT2D eigenvalue weighted by molar-refractivity contribution is 6.07. The molecule has 134 valence electrons. The number of amides is 3. The van der Waals surface area contributed by atoms with Crippen molar-refractivity contribution in [1.82, 2.24) is 9.80 Å². The summed E-state index contributed by atoms with van der Waals surface area (Å²) >= 11 is 0. The first kappa shape index (κ1) is 17.4. The molecule has 0 radical (unpaired) electrons. The Morgan fingerprint density at radius 2 is 2.00 bits per heavy atom. The van der Waals surface area contributed by atoms with E-state index < -0.39 is 24.1 Å². The normalized spacial score (nSPS) is 21.5. The molecule has 1 unspecified atom stereocenters. The van der Waals surface area contributed by atoms with Crippen LogP contribution in [0.3, 0.4) is 0 Å². The average molecular weight is 346 g/mol. The van der Waals surface area contributed by atoms with Gasteiger partial charge in [0.05, 0.1) is 13.2 Å². The Morgan fingerprint density at radius 1 is 1.28 bits per heavy atom. The minimum Gasteiger partial charge on any atom is -0.459 e. The van der Waals surface area contributed by atoms with Gasteiger partial charge < -0.3 is 14.4 Å². The highest BCUT2D eigenvalue weighted by atomic mass is 16.5. The van der Waals surface area contributed by atoms with Crippen molar-refractivity contribution in [3.63, 3.8) is 0 Å². The molecule has 0 spiro atoms. The van der Waals surface area contributed by atoms with E-state index in [4.69, 9.17) is 9.47 Å². The van der Waals surface area contributed by atoms with Gasteiger partial charge in [-0.05, 0) is 11.5 Å². The first-order valence-electron chi connectivity index (χ1n) is 8.42. The lowest BCUT2D eigenvalue weighted by molar-refractivity contribution is -0.155. The van der Waals surface area contributed by atoms with Gasteiger partial charge in [0.2, 0.25) is 0 Å². The number of hydrogen-bond donors (Lipinski definition) is 0. The summed E-state index contributed by atoms with van der Waals surface area (Å²) in [6.07, 6.45) is 0. The number of fused-ring (bicyclic) bond motifs is 1. The lowest BCUT2D eigenvalue weighted by Crippen LogP contribution is -2.49. The fourth-order valence-corrected chi connectivity index (χ4v) is 3.18. The van der Waals surface area contributed by atoms with Gasteiger partial charge in [-0.25, -0.2) is 14.5 Å². The van der Waals surface area contributed by atoms with Crippen LogP contribution in [-0.2, 0) is 25.7 Å². The topological polar surface area (TPSA) is 76.2 Å². The maximum atomic E-state index is 12.7. The summed E-state index contributed by atoms with van der Waals surface area (Å²) in [5.74, 6) is -1.21. The third kappa shape index (κ3) is 3.37. The van der Waals surface area contributed by atoms with Gasteiger partial charge >= 0.3 is 12.0 Å². The van der Waals surface area contributed by atoms with Crippen LogP contribution in [0.2, 0.25) is 0 Å². The third-order valence-corrected chi connectivity index (χ3v) is 4.48. The number of nitrogens with zero attached hydrogens (tertiary/aromatic N) is 2. The summed E-state index contributed by atoms with van der Waals surface area (Å²) in [4.78, 5) is 40.4. The van der Waals surface area contributed by atoms with E-state index in [1.54, 1.807) is 13.8 Å². The number of esters is 1. The van der Waals surface area contributed by atoms with Crippen LogP contribution in [0, 0.1) is 5.92 Å². The predicted octanol–water partition coefficient (Wildman–Crippen LogP) is 1.42. The number of benzene rings is 1. The standard InChI is InChI=1S/C18H22N2O5/c1-12(2)15(17(22)25-10-13-6-4-3-5-7-13)20-16(21)14-11-24-9-8-19(14)18(20)23/h3-7,12,14-15H,8-11H2,1-2H3/t14?,15-/m0/s1. The number of urea groups is 1. The van der Waals surface area contributed by atoms with E-state index in [1.807, 2.05) is 30.3 Å². The van der Waals surface area contributed by atoms with Crippen molar-refractivity contribution < 1.29 is 23.9 Å². The van der Waals surface area contributed by atoms with E-state index in [0.29, 0.717) is 13.2 Å². The second-order valence-electron chi connectivity index (χ2n) is 6.56. The minimum atomic E-state index is -0.936. The smallest absolute Gasteiger partial charge is 0.330 e. The molecule has 2 atom stereocenters. The van der Waals surface area contributed by atoms with Gasteiger partial charge in [-0.2, -0.15) is 0 Å². The lowest BCUT2D eigenvalue weighted by atomic mass is 10.0. The Labute approximate surface area is 146 Å². The van der Waals surface area contributed by atoms with Gasteiger partial charge in [-0.15, -0.1) is 0 Å². The quantitative estimate of drug-likeness (QED) is 0.595. The Morgan fingerprint density at radius 3 is 2.64 bits per heavy atom. The number of carbonyl (C=O) groups is 3. The second kappa shape index (κ2) is 7.23. The summed E-state index contributed by atoms with van der Waals surface area (Å²) in [5.41, 5.74) is 0.850. The van der Waals surface area contributed by atoms with Crippen molar-refractivity contribution in [2.24, 2.45) is 5.92 Å². The Hall–Kier alpha value is -2.41. The molecule has 1 aromatic carbocycles. The van der Waals surface area contributed by atoms with E-state index in [9.17, 15) is 14.4 Å². The summed E-state index contributed by atoms with van der Waals surface area (Å²) in [6.45, 7) is 4.62. The Balaban J connectivity index is 1.75. The summed E-state index contributed by atoms with van der Waals surface area (Å²) in [6, 6.07) is 7.28. The van der Waals surface area contributed by atoms with Crippen LogP contribution in [0.5, 0.6) is 0 Å². The summed E-state index contributed by atoms with van der Waals surface area (Å²) < 4.78 is 10.7. The lowest BCUT2D eigenvalue weighted by Gasteiger charge is -2.28. The number of ether oxygens (including phenoxy) is 2. The zero-order valence-corrected chi connectivity index (χ0v) is 14.4. The molecule has 0 saturated carbocycles. The van der Waals surface area contributed by atoms with Gasteiger partial charge in [0.15, 0.2) is 0 Å². The molecule has 2 fully saturated rings. The van der Waals surface area contributed by atoms with Crippen LogP contribution < -0.4 is 0 Å². The van der Waals surface area contributed by atoms with Crippen LogP contribution in [0.15, 0.2) is 30.3 Å². The van der Waals surface area contributed by atoms with Crippen LogP contribution in [0.1, 0.15) is 19.4 Å². The molecule has 2 heterocycles. The van der Waals surface area contributed by atoms with E-state index in [0.717, 1.165) is 10.5 Å². The van der Waals surface area contributed by atoms with Crippen molar-refractivity contribution in [2.75, 3.05) is 19.8 Å². The molecule has 3 amide bonds. The molecule has 25 heavy (non-hydrogen) atoms. The third-order valence-electron chi connectivity index (χ3n) is 4.48. The van der Waals surface area contributed by atoms with Crippen LogP contribution in [0.4, 0.5) is 4.79 Å². The zero-order valence-electron chi connectivity index (χ0n) is 14.4. The highest BCUT2D eigenvalue weighted by Gasteiger charge is 2.52.